The van der Waals surface area contributed by atoms with Gasteiger partial charge in [-0.3, -0.25) is 0 Å². The zero-order valence-corrected chi connectivity index (χ0v) is 13.5. The number of aromatic hydroxyl groups is 1. The Bertz CT molecular complexity index is 852. The monoisotopic (exact) mass is 324 g/mol. The molecule has 1 N–H and O–H groups in total. The van der Waals surface area contributed by atoms with Crippen LogP contribution in [0.3, 0.4) is 0 Å². The van der Waals surface area contributed by atoms with Crippen LogP contribution in [0.1, 0.15) is 11.1 Å². The van der Waals surface area contributed by atoms with Crippen LogP contribution in [-0.2, 0) is 5.75 Å². The lowest BCUT2D eigenvalue weighted by atomic mass is 10.1. The Morgan fingerprint density at radius 2 is 1.74 bits per heavy atom. The van der Waals surface area contributed by atoms with Gasteiger partial charge in [0.2, 0.25) is 0 Å². The molecule has 3 aromatic rings. The average Bonchev–Trinajstić information content (AvgIpc) is 2.56. The highest BCUT2D eigenvalue weighted by atomic mass is 32.2. The molecule has 2 aromatic carbocycles. The number of thioether (sulfide) groups is 1. The largest absolute Gasteiger partial charge is 0.506 e. The smallest absolute Gasteiger partial charge is 0.353 e. The lowest BCUT2D eigenvalue weighted by Gasteiger charge is -2.06. The Balaban J connectivity index is 1.83. The van der Waals surface area contributed by atoms with Gasteiger partial charge in [0.05, 0.1) is 0 Å². The highest BCUT2D eigenvalue weighted by Crippen LogP contribution is 2.31. The molecule has 3 rings (SSSR count). The van der Waals surface area contributed by atoms with Gasteiger partial charge in [0.25, 0.3) is 0 Å². The van der Waals surface area contributed by atoms with Crippen molar-refractivity contribution in [3.8, 4) is 17.1 Å². The third-order valence-corrected chi connectivity index (χ3v) is 4.59. The molecule has 0 saturated carbocycles. The first kappa shape index (κ1) is 15.4. The fourth-order valence-electron chi connectivity index (χ4n) is 2.19. The first-order valence-corrected chi connectivity index (χ1v) is 8.23. The van der Waals surface area contributed by atoms with E-state index >= 15 is 0 Å². The average molecular weight is 324 g/mol. The topological polar surface area (TPSA) is 50.4 Å². The van der Waals surface area contributed by atoms with Crippen LogP contribution in [-0.4, -0.2) is 5.11 Å². The molecule has 0 unspecified atom stereocenters. The van der Waals surface area contributed by atoms with E-state index in [1.807, 2.05) is 61.5 Å². The van der Waals surface area contributed by atoms with Crippen molar-refractivity contribution < 1.29 is 9.52 Å². The molecule has 3 nitrogen and oxygen atoms in total. The molecule has 0 fully saturated rings. The first-order valence-electron chi connectivity index (χ1n) is 7.24. The van der Waals surface area contributed by atoms with Gasteiger partial charge in [-0.1, -0.05) is 60.2 Å². The SMILES string of the molecule is Cc1ccc(CSc2c(O)cc(-c3ccccc3)oc2=O)cc1. The van der Waals surface area contributed by atoms with Crippen LogP contribution in [0.2, 0.25) is 0 Å². The maximum absolute atomic E-state index is 12.2. The second-order valence-electron chi connectivity index (χ2n) is 5.25. The van der Waals surface area contributed by atoms with Crippen LogP contribution in [0, 0.1) is 6.92 Å². The molecule has 0 saturated heterocycles. The zero-order chi connectivity index (χ0) is 16.2. The van der Waals surface area contributed by atoms with Crippen LogP contribution < -0.4 is 5.63 Å². The molecule has 23 heavy (non-hydrogen) atoms. The van der Waals surface area contributed by atoms with E-state index in [0.717, 1.165) is 11.1 Å². The van der Waals surface area contributed by atoms with Gasteiger partial charge in [0, 0.05) is 17.4 Å². The number of rotatable bonds is 4. The Hall–Kier alpha value is -2.46. The van der Waals surface area contributed by atoms with E-state index in [-0.39, 0.29) is 10.6 Å². The molecule has 0 aliphatic carbocycles. The summed E-state index contributed by atoms with van der Waals surface area (Å²) in [7, 11) is 0. The zero-order valence-electron chi connectivity index (χ0n) is 12.7. The molecule has 116 valence electrons. The van der Waals surface area contributed by atoms with Crippen LogP contribution in [0.15, 0.2) is 74.8 Å². The predicted octanol–water partition coefficient (Wildman–Crippen LogP) is 4.61. The number of benzene rings is 2. The lowest BCUT2D eigenvalue weighted by molar-refractivity contribution is 0.430. The predicted molar refractivity (Wildman–Crippen MR) is 92.8 cm³/mol. The van der Waals surface area contributed by atoms with Gasteiger partial charge in [-0.25, -0.2) is 4.79 Å². The van der Waals surface area contributed by atoms with E-state index in [1.165, 1.54) is 23.4 Å². The maximum atomic E-state index is 12.2. The molecule has 1 heterocycles. The van der Waals surface area contributed by atoms with E-state index in [1.54, 1.807) is 0 Å². The van der Waals surface area contributed by atoms with Crippen molar-refractivity contribution in [1.82, 2.24) is 0 Å². The van der Waals surface area contributed by atoms with Crippen molar-refractivity contribution in [1.29, 1.82) is 0 Å². The van der Waals surface area contributed by atoms with E-state index in [2.05, 4.69) is 0 Å². The highest BCUT2D eigenvalue weighted by Gasteiger charge is 2.13. The van der Waals surface area contributed by atoms with Crippen LogP contribution in [0.25, 0.3) is 11.3 Å². The van der Waals surface area contributed by atoms with Gasteiger partial charge in [-0.05, 0) is 12.5 Å². The van der Waals surface area contributed by atoms with Crippen molar-refractivity contribution in [2.24, 2.45) is 0 Å². The molecule has 4 heteroatoms. The van der Waals surface area contributed by atoms with Gasteiger partial charge >= 0.3 is 5.63 Å². The summed E-state index contributed by atoms with van der Waals surface area (Å²) in [6, 6.07) is 18.8. The van der Waals surface area contributed by atoms with Crippen LogP contribution in [0.4, 0.5) is 0 Å². The van der Waals surface area contributed by atoms with Gasteiger partial charge < -0.3 is 9.52 Å². The fourth-order valence-corrected chi connectivity index (χ4v) is 3.06. The molecule has 0 atom stereocenters. The standard InChI is InChI=1S/C19H16O3S/c1-13-7-9-14(10-8-13)12-23-18-16(20)11-17(22-19(18)21)15-5-3-2-4-6-15/h2-11,20H,12H2,1H3. The lowest BCUT2D eigenvalue weighted by Crippen LogP contribution is -2.03. The highest BCUT2D eigenvalue weighted by molar-refractivity contribution is 7.98. The number of aryl methyl sites for hydroxylation is 1. The summed E-state index contributed by atoms with van der Waals surface area (Å²) in [4.78, 5) is 12.4. The maximum Gasteiger partial charge on any atom is 0.353 e. The van der Waals surface area contributed by atoms with Gasteiger partial charge in [-0.2, -0.15) is 0 Å². The molecule has 1 aromatic heterocycles. The van der Waals surface area contributed by atoms with Crippen LogP contribution >= 0.6 is 11.8 Å². The number of hydrogen-bond acceptors (Lipinski definition) is 4. The molecule has 0 radical (unpaired) electrons. The molecule has 0 amide bonds. The normalized spacial score (nSPS) is 10.7. The molecule has 0 spiro atoms. The summed E-state index contributed by atoms with van der Waals surface area (Å²) >= 11 is 1.28. The summed E-state index contributed by atoms with van der Waals surface area (Å²) in [5.74, 6) is 0.925. The van der Waals surface area contributed by atoms with Crippen molar-refractivity contribution in [2.75, 3.05) is 0 Å². The van der Waals surface area contributed by atoms with Gasteiger partial charge in [0.1, 0.15) is 16.4 Å². The summed E-state index contributed by atoms with van der Waals surface area (Å²) < 4.78 is 5.35. The van der Waals surface area contributed by atoms with Crippen LogP contribution in [0.5, 0.6) is 5.75 Å². The van der Waals surface area contributed by atoms with Gasteiger partial charge in [-0.15, -0.1) is 11.8 Å². The second-order valence-corrected chi connectivity index (χ2v) is 6.24. The Labute approximate surface area is 138 Å². The summed E-state index contributed by atoms with van der Waals surface area (Å²) in [6.45, 7) is 2.03. The van der Waals surface area contributed by atoms with E-state index in [4.69, 9.17) is 4.42 Å². The number of hydrogen-bond donors (Lipinski definition) is 1. The minimum atomic E-state index is -0.513. The minimum absolute atomic E-state index is 0.0442. The molecular formula is C19H16O3S. The first-order chi connectivity index (χ1) is 11.1. The van der Waals surface area contributed by atoms with E-state index in [0.29, 0.717) is 11.5 Å². The van der Waals surface area contributed by atoms with Crippen molar-refractivity contribution in [3.63, 3.8) is 0 Å². The van der Waals surface area contributed by atoms with Gasteiger partial charge in [0.15, 0.2) is 0 Å². The Kier molecular flexibility index (Phi) is 4.53. The molecular weight excluding hydrogens is 308 g/mol. The molecule has 0 bridgehead atoms. The van der Waals surface area contributed by atoms with E-state index in [9.17, 15) is 9.90 Å². The third kappa shape index (κ3) is 3.66. The van der Waals surface area contributed by atoms with Crippen molar-refractivity contribution in [3.05, 3.63) is 82.2 Å². The second kappa shape index (κ2) is 6.75. The Morgan fingerprint density at radius 3 is 2.39 bits per heavy atom. The molecule has 0 aliphatic rings. The van der Waals surface area contributed by atoms with E-state index < -0.39 is 5.63 Å². The summed E-state index contributed by atoms with van der Waals surface area (Å²) in [5.41, 5.74) is 2.52. The Morgan fingerprint density at radius 1 is 1.04 bits per heavy atom. The third-order valence-electron chi connectivity index (χ3n) is 3.45. The fraction of sp³-hybridized carbons (Fsp3) is 0.105. The van der Waals surface area contributed by atoms with Crippen molar-refractivity contribution >= 4 is 11.8 Å². The minimum Gasteiger partial charge on any atom is -0.506 e. The summed E-state index contributed by atoms with van der Waals surface area (Å²) in [6.07, 6.45) is 0. The van der Waals surface area contributed by atoms with Crippen molar-refractivity contribution in [2.45, 2.75) is 17.6 Å². The summed E-state index contributed by atoms with van der Waals surface area (Å²) in [5, 5.41) is 10.2. The molecule has 0 aliphatic heterocycles. The quantitative estimate of drug-likeness (QED) is 0.712.